The van der Waals surface area contributed by atoms with Crippen LogP contribution in [0.1, 0.15) is 11.4 Å². The lowest BCUT2D eigenvalue weighted by Gasteiger charge is -2.01. The Kier molecular flexibility index (Phi) is 3.06. The average molecular weight is 323 g/mol. The SMILES string of the molecule is Clc1ccc(Cc2nnc3cc(Br)ccn23)cc1. The van der Waals surface area contributed by atoms with Gasteiger partial charge >= 0.3 is 0 Å². The topological polar surface area (TPSA) is 30.2 Å². The number of halogens is 2. The summed E-state index contributed by atoms with van der Waals surface area (Å²) in [6, 6.07) is 11.7. The summed E-state index contributed by atoms with van der Waals surface area (Å²) in [7, 11) is 0. The molecule has 1 aromatic carbocycles. The van der Waals surface area contributed by atoms with Crippen molar-refractivity contribution < 1.29 is 0 Å². The van der Waals surface area contributed by atoms with Crippen molar-refractivity contribution in [1.29, 1.82) is 0 Å². The Labute approximate surface area is 118 Å². The van der Waals surface area contributed by atoms with Crippen LogP contribution in [0.25, 0.3) is 5.65 Å². The first-order chi connectivity index (χ1) is 8.72. The first kappa shape index (κ1) is 11.7. The van der Waals surface area contributed by atoms with E-state index in [0.29, 0.717) is 0 Å². The van der Waals surface area contributed by atoms with E-state index in [9.17, 15) is 0 Å². The molecule has 3 aromatic rings. The molecule has 0 aliphatic heterocycles. The van der Waals surface area contributed by atoms with Gasteiger partial charge in [-0.25, -0.2) is 0 Å². The van der Waals surface area contributed by atoms with Gasteiger partial charge in [-0.2, -0.15) is 0 Å². The molecule has 0 bridgehead atoms. The van der Waals surface area contributed by atoms with Gasteiger partial charge in [0.1, 0.15) is 5.82 Å². The van der Waals surface area contributed by atoms with Crippen molar-refractivity contribution in [2.75, 3.05) is 0 Å². The Morgan fingerprint density at radius 1 is 1.11 bits per heavy atom. The quantitative estimate of drug-likeness (QED) is 0.719. The number of nitrogens with zero attached hydrogens (tertiary/aromatic N) is 3. The van der Waals surface area contributed by atoms with E-state index in [2.05, 4.69) is 26.1 Å². The molecule has 3 nitrogen and oxygen atoms in total. The molecule has 90 valence electrons. The standard InChI is InChI=1S/C13H9BrClN3/c14-10-5-6-18-12(16-17-13(18)8-10)7-9-1-3-11(15)4-2-9/h1-6,8H,7H2. The molecule has 18 heavy (non-hydrogen) atoms. The second-order valence-electron chi connectivity index (χ2n) is 3.99. The lowest BCUT2D eigenvalue weighted by Crippen LogP contribution is -1.95. The zero-order valence-electron chi connectivity index (χ0n) is 9.35. The van der Waals surface area contributed by atoms with Gasteiger partial charge in [0.15, 0.2) is 5.65 Å². The number of fused-ring (bicyclic) bond motifs is 1. The molecule has 0 radical (unpaired) electrons. The molecule has 0 saturated heterocycles. The summed E-state index contributed by atoms with van der Waals surface area (Å²) in [4.78, 5) is 0. The van der Waals surface area contributed by atoms with Gasteiger partial charge in [0.05, 0.1) is 0 Å². The van der Waals surface area contributed by atoms with Crippen LogP contribution in [0, 0.1) is 0 Å². The van der Waals surface area contributed by atoms with Crippen molar-refractivity contribution in [3.8, 4) is 0 Å². The predicted octanol–water partition coefficient (Wildman–Crippen LogP) is 3.74. The molecule has 0 unspecified atom stereocenters. The number of rotatable bonds is 2. The number of pyridine rings is 1. The highest BCUT2D eigenvalue weighted by molar-refractivity contribution is 9.10. The van der Waals surface area contributed by atoms with Crippen molar-refractivity contribution in [3.05, 3.63) is 63.5 Å². The average Bonchev–Trinajstić information content (AvgIpc) is 2.74. The van der Waals surface area contributed by atoms with Crippen LogP contribution in [-0.2, 0) is 6.42 Å². The van der Waals surface area contributed by atoms with Crippen LogP contribution in [0.3, 0.4) is 0 Å². The lowest BCUT2D eigenvalue weighted by molar-refractivity contribution is 0.934. The summed E-state index contributed by atoms with van der Waals surface area (Å²) in [5.74, 6) is 0.917. The van der Waals surface area contributed by atoms with Crippen molar-refractivity contribution in [3.63, 3.8) is 0 Å². The van der Waals surface area contributed by atoms with Crippen molar-refractivity contribution >= 4 is 33.2 Å². The number of hydrogen-bond acceptors (Lipinski definition) is 2. The molecule has 0 saturated carbocycles. The van der Waals surface area contributed by atoms with Crippen LogP contribution in [0.5, 0.6) is 0 Å². The van der Waals surface area contributed by atoms with Crippen LogP contribution >= 0.6 is 27.5 Å². The summed E-state index contributed by atoms with van der Waals surface area (Å²) in [6.45, 7) is 0. The van der Waals surface area contributed by atoms with Gasteiger partial charge < -0.3 is 0 Å². The van der Waals surface area contributed by atoms with Crippen molar-refractivity contribution in [2.24, 2.45) is 0 Å². The Bertz CT molecular complexity index is 691. The molecule has 0 fully saturated rings. The van der Waals surface area contributed by atoms with Crippen LogP contribution in [0.4, 0.5) is 0 Å². The summed E-state index contributed by atoms with van der Waals surface area (Å²) in [6.07, 6.45) is 2.70. The maximum absolute atomic E-state index is 5.87. The Morgan fingerprint density at radius 3 is 2.67 bits per heavy atom. The fourth-order valence-electron chi connectivity index (χ4n) is 1.82. The summed E-state index contributed by atoms with van der Waals surface area (Å²) >= 11 is 9.29. The zero-order valence-corrected chi connectivity index (χ0v) is 11.7. The monoisotopic (exact) mass is 321 g/mol. The highest BCUT2D eigenvalue weighted by atomic mass is 79.9. The third kappa shape index (κ3) is 2.26. The predicted molar refractivity (Wildman–Crippen MR) is 74.9 cm³/mol. The number of aromatic nitrogens is 3. The van der Waals surface area contributed by atoms with E-state index in [1.807, 2.05) is 47.0 Å². The molecule has 0 spiro atoms. The first-order valence-corrected chi connectivity index (χ1v) is 6.63. The Balaban J connectivity index is 1.97. The molecule has 0 N–H and O–H groups in total. The van der Waals surface area contributed by atoms with Crippen LogP contribution in [0.15, 0.2) is 47.1 Å². The summed E-state index contributed by atoms with van der Waals surface area (Å²) < 4.78 is 2.99. The Hall–Kier alpha value is -1.39. The van der Waals surface area contributed by atoms with E-state index < -0.39 is 0 Å². The minimum atomic E-state index is 0.736. The van der Waals surface area contributed by atoms with E-state index in [1.54, 1.807) is 0 Å². The summed E-state index contributed by atoms with van der Waals surface area (Å²) in [5, 5.41) is 9.11. The third-order valence-electron chi connectivity index (χ3n) is 2.72. The molecule has 0 atom stereocenters. The zero-order chi connectivity index (χ0) is 12.5. The molecule has 2 heterocycles. The molecule has 0 aliphatic rings. The van der Waals surface area contributed by atoms with E-state index in [1.165, 1.54) is 0 Å². The minimum absolute atomic E-state index is 0.736. The van der Waals surface area contributed by atoms with E-state index in [-0.39, 0.29) is 0 Å². The maximum Gasteiger partial charge on any atom is 0.161 e. The highest BCUT2D eigenvalue weighted by Gasteiger charge is 2.06. The lowest BCUT2D eigenvalue weighted by atomic mass is 10.1. The molecule has 5 heteroatoms. The first-order valence-electron chi connectivity index (χ1n) is 5.46. The largest absolute Gasteiger partial charge is 0.286 e. The summed E-state index contributed by atoms with van der Waals surface area (Å²) in [5.41, 5.74) is 2.00. The van der Waals surface area contributed by atoms with Crippen LogP contribution < -0.4 is 0 Å². The molecular formula is C13H9BrClN3. The normalized spacial score (nSPS) is 11.0. The second kappa shape index (κ2) is 4.71. The smallest absolute Gasteiger partial charge is 0.161 e. The van der Waals surface area contributed by atoms with Gasteiger partial charge in [-0.05, 0) is 29.8 Å². The highest BCUT2D eigenvalue weighted by Crippen LogP contribution is 2.16. The van der Waals surface area contributed by atoms with Crippen LogP contribution in [-0.4, -0.2) is 14.6 Å². The van der Waals surface area contributed by atoms with Gasteiger partial charge in [0, 0.05) is 22.1 Å². The number of benzene rings is 1. The number of hydrogen-bond donors (Lipinski definition) is 0. The molecule has 3 rings (SSSR count). The van der Waals surface area contributed by atoms with Gasteiger partial charge in [0.25, 0.3) is 0 Å². The van der Waals surface area contributed by atoms with E-state index >= 15 is 0 Å². The maximum atomic E-state index is 5.87. The van der Waals surface area contributed by atoms with Gasteiger partial charge in [-0.15, -0.1) is 10.2 Å². The Morgan fingerprint density at radius 2 is 1.89 bits per heavy atom. The fourth-order valence-corrected chi connectivity index (χ4v) is 2.27. The van der Waals surface area contributed by atoms with Crippen molar-refractivity contribution in [2.45, 2.75) is 6.42 Å². The molecule has 0 aliphatic carbocycles. The van der Waals surface area contributed by atoms with Gasteiger partial charge in [-0.3, -0.25) is 4.40 Å². The van der Waals surface area contributed by atoms with Gasteiger partial charge in [0.2, 0.25) is 0 Å². The van der Waals surface area contributed by atoms with Crippen LogP contribution in [0.2, 0.25) is 5.02 Å². The molecular weight excluding hydrogens is 314 g/mol. The van der Waals surface area contributed by atoms with Crippen molar-refractivity contribution in [1.82, 2.24) is 14.6 Å². The fraction of sp³-hybridized carbons (Fsp3) is 0.0769. The second-order valence-corrected chi connectivity index (χ2v) is 5.34. The van der Waals surface area contributed by atoms with Gasteiger partial charge in [-0.1, -0.05) is 39.7 Å². The minimum Gasteiger partial charge on any atom is -0.286 e. The molecule has 2 aromatic heterocycles. The third-order valence-corrected chi connectivity index (χ3v) is 3.46. The molecule has 0 amide bonds. The van der Waals surface area contributed by atoms with E-state index in [0.717, 1.165) is 33.0 Å². The van der Waals surface area contributed by atoms with E-state index in [4.69, 9.17) is 11.6 Å².